The molecule has 2 aromatic heterocycles. The van der Waals surface area contributed by atoms with Gasteiger partial charge in [-0.05, 0) is 85.0 Å². The van der Waals surface area contributed by atoms with Gasteiger partial charge in [-0.2, -0.15) is 0 Å². The average Bonchev–Trinajstić information content (AvgIpc) is 3.53. The third kappa shape index (κ3) is 3.08. The largest absolute Gasteiger partial charge is 0.457 e. The highest BCUT2D eigenvalue weighted by molar-refractivity contribution is 7.12. The van der Waals surface area contributed by atoms with Gasteiger partial charge in [0.05, 0.1) is 16.7 Å². The Morgan fingerprint density at radius 1 is 1.16 bits per heavy atom. The van der Waals surface area contributed by atoms with E-state index in [0.29, 0.717) is 28.1 Å². The summed E-state index contributed by atoms with van der Waals surface area (Å²) < 4.78 is 11.1. The van der Waals surface area contributed by atoms with E-state index in [1.54, 1.807) is 12.1 Å². The van der Waals surface area contributed by atoms with Crippen LogP contribution in [0.3, 0.4) is 0 Å². The number of nitrogens with one attached hydrogen (secondary N) is 1. The fraction of sp³-hybridized carbons (Fsp3) is 0.385. The van der Waals surface area contributed by atoms with Crippen molar-refractivity contribution >= 4 is 23.1 Å². The van der Waals surface area contributed by atoms with E-state index < -0.39 is 5.97 Å². The molecule has 3 aliphatic rings. The molecule has 3 aromatic rings. The summed E-state index contributed by atoms with van der Waals surface area (Å²) in [6, 6.07) is 11.4. The maximum atomic E-state index is 13.4. The second-order valence-electron chi connectivity index (χ2n) is 9.20. The van der Waals surface area contributed by atoms with Crippen molar-refractivity contribution in [1.82, 2.24) is 5.32 Å². The quantitative estimate of drug-likeness (QED) is 0.341. The van der Waals surface area contributed by atoms with Gasteiger partial charge in [-0.1, -0.05) is 18.9 Å². The highest BCUT2D eigenvalue weighted by Crippen LogP contribution is 2.54. The molecule has 5 nitrogen and oxygen atoms in total. The first-order chi connectivity index (χ1) is 15.7. The summed E-state index contributed by atoms with van der Waals surface area (Å²) in [5.74, 6) is 0.399. The summed E-state index contributed by atoms with van der Waals surface area (Å²) in [4.78, 5) is 26.8. The van der Waals surface area contributed by atoms with Gasteiger partial charge >= 0.3 is 5.97 Å². The Balaban J connectivity index is 1.49. The van der Waals surface area contributed by atoms with E-state index in [4.69, 9.17) is 9.15 Å². The molecule has 164 valence electrons. The number of esters is 1. The van der Waals surface area contributed by atoms with Crippen molar-refractivity contribution in [2.24, 2.45) is 5.92 Å². The second-order valence-corrected chi connectivity index (χ2v) is 10.1. The first-order valence-corrected chi connectivity index (χ1v) is 12.3. The average molecular weight is 448 g/mol. The van der Waals surface area contributed by atoms with E-state index in [1.807, 2.05) is 29.6 Å². The first kappa shape index (κ1) is 19.9. The number of rotatable bonds is 4. The lowest BCUT2D eigenvalue weighted by molar-refractivity contribution is 0.0690. The molecule has 6 heteroatoms. The SMILES string of the molecule is O=C(Oc1cc2c(cc1C(=O)c1cccs1)C[C@H]1NCC[C@@]23CCCC[C@@H]13)c1ccco1. The van der Waals surface area contributed by atoms with Gasteiger partial charge in [0.1, 0.15) is 5.75 Å². The van der Waals surface area contributed by atoms with Crippen LogP contribution in [-0.4, -0.2) is 24.3 Å². The number of hydrogen-bond donors (Lipinski definition) is 1. The number of ketones is 1. The molecular weight excluding hydrogens is 422 g/mol. The smallest absolute Gasteiger partial charge is 0.379 e. The Bertz CT molecular complexity index is 1160. The highest BCUT2D eigenvalue weighted by Gasteiger charge is 2.51. The second kappa shape index (κ2) is 7.71. The summed E-state index contributed by atoms with van der Waals surface area (Å²) in [5, 5.41) is 5.64. The van der Waals surface area contributed by atoms with Crippen molar-refractivity contribution in [3.05, 3.63) is 75.4 Å². The van der Waals surface area contributed by atoms with Gasteiger partial charge in [-0.15, -0.1) is 11.3 Å². The Morgan fingerprint density at radius 2 is 2.09 bits per heavy atom. The van der Waals surface area contributed by atoms with Gasteiger partial charge in [-0.3, -0.25) is 4.79 Å². The Kier molecular flexibility index (Phi) is 4.81. The van der Waals surface area contributed by atoms with Crippen LogP contribution >= 0.6 is 11.3 Å². The van der Waals surface area contributed by atoms with E-state index in [1.165, 1.54) is 48.0 Å². The van der Waals surface area contributed by atoms with Crippen molar-refractivity contribution in [3.8, 4) is 5.75 Å². The molecule has 0 spiro atoms. The van der Waals surface area contributed by atoms with Gasteiger partial charge in [0.25, 0.3) is 0 Å². The summed E-state index contributed by atoms with van der Waals surface area (Å²) >= 11 is 1.40. The zero-order valence-electron chi connectivity index (χ0n) is 17.8. The number of carbonyl (C=O) groups excluding carboxylic acids is 2. The van der Waals surface area contributed by atoms with Crippen LogP contribution in [-0.2, 0) is 11.8 Å². The van der Waals surface area contributed by atoms with Crippen molar-refractivity contribution in [2.45, 2.75) is 50.0 Å². The zero-order valence-corrected chi connectivity index (χ0v) is 18.6. The maximum absolute atomic E-state index is 13.4. The summed E-state index contributed by atoms with van der Waals surface area (Å²) in [5.41, 5.74) is 3.07. The predicted octanol–water partition coefficient (Wildman–Crippen LogP) is 5.14. The number of carbonyl (C=O) groups is 2. The number of hydrogen-bond acceptors (Lipinski definition) is 6. The molecule has 6 rings (SSSR count). The minimum Gasteiger partial charge on any atom is -0.457 e. The summed E-state index contributed by atoms with van der Waals surface area (Å²) in [7, 11) is 0. The lowest BCUT2D eigenvalue weighted by Crippen LogP contribution is -2.59. The van der Waals surface area contributed by atoms with E-state index in [2.05, 4.69) is 5.32 Å². The highest BCUT2D eigenvalue weighted by atomic mass is 32.1. The molecule has 3 heterocycles. The minimum atomic E-state index is -0.577. The minimum absolute atomic E-state index is 0.105. The lowest BCUT2D eigenvalue weighted by Gasteiger charge is -2.56. The molecule has 0 radical (unpaired) electrons. The van der Waals surface area contributed by atoms with Crippen LogP contribution in [0.5, 0.6) is 5.75 Å². The van der Waals surface area contributed by atoms with Crippen LogP contribution in [0, 0.1) is 5.92 Å². The van der Waals surface area contributed by atoms with Crippen LogP contribution in [0.2, 0.25) is 0 Å². The number of thiophene rings is 1. The standard InChI is InChI=1S/C26H25NO4S/c28-24(23-7-4-12-32-23)17-13-16-14-20-18-5-1-2-8-26(18,9-10-27-20)19(16)15-22(17)31-25(29)21-6-3-11-30-21/h3-4,6-7,11-13,15,18,20,27H,1-2,5,8-10,14H2/t18-,20+,26+/m0/s1. The van der Waals surface area contributed by atoms with E-state index in [-0.39, 0.29) is 17.0 Å². The molecular formula is C26H25NO4S. The number of benzene rings is 1. The fourth-order valence-corrected chi connectivity index (χ4v) is 6.99. The zero-order chi connectivity index (χ0) is 21.7. The fourth-order valence-electron chi connectivity index (χ4n) is 6.31. The molecule has 2 aliphatic carbocycles. The molecule has 1 saturated heterocycles. The Labute approximate surface area is 190 Å². The first-order valence-electron chi connectivity index (χ1n) is 11.4. The van der Waals surface area contributed by atoms with Gasteiger partial charge in [0, 0.05) is 11.5 Å². The van der Waals surface area contributed by atoms with E-state index in [0.717, 1.165) is 25.8 Å². The number of fused-ring (bicyclic) bond motifs is 1. The molecule has 2 fully saturated rings. The maximum Gasteiger partial charge on any atom is 0.379 e. The van der Waals surface area contributed by atoms with E-state index >= 15 is 0 Å². The predicted molar refractivity (Wildman–Crippen MR) is 122 cm³/mol. The molecule has 2 bridgehead atoms. The van der Waals surface area contributed by atoms with Crippen LogP contribution in [0.15, 0.2) is 52.5 Å². The normalized spacial score (nSPS) is 26.1. The van der Waals surface area contributed by atoms with Crippen molar-refractivity contribution in [1.29, 1.82) is 0 Å². The summed E-state index contributed by atoms with van der Waals surface area (Å²) in [6.45, 7) is 1.01. The molecule has 1 N–H and O–H groups in total. The van der Waals surface area contributed by atoms with Crippen molar-refractivity contribution < 1.29 is 18.7 Å². The molecule has 1 aromatic carbocycles. The van der Waals surface area contributed by atoms with Gasteiger partial charge in [-0.25, -0.2) is 4.79 Å². The molecule has 1 saturated carbocycles. The summed E-state index contributed by atoms with van der Waals surface area (Å²) in [6.07, 6.45) is 8.34. The van der Waals surface area contributed by atoms with Gasteiger partial charge < -0.3 is 14.5 Å². The van der Waals surface area contributed by atoms with Gasteiger partial charge in [0.2, 0.25) is 11.5 Å². The van der Waals surface area contributed by atoms with Crippen LogP contribution in [0.1, 0.15) is 69.0 Å². The third-order valence-corrected chi connectivity index (χ3v) is 8.53. The van der Waals surface area contributed by atoms with Crippen LogP contribution in [0.25, 0.3) is 0 Å². The molecule has 0 unspecified atom stereocenters. The van der Waals surface area contributed by atoms with Crippen LogP contribution in [0.4, 0.5) is 0 Å². The molecule has 0 amide bonds. The number of furan rings is 1. The van der Waals surface area contributed by atoms with Crippen LogP contribution < -0.4 is 10.1 Å². The Hall–Kier alpha value is -2.70. The number of piperidine rings is 1. The molecule has 32 heavy (non-hydrogen) atoms. The molecule has 1 aliphatic heterocycles. The third-order valence-electron chi connectivity index (χ3n) is 7.66. The van der Waals surface area contributed by atoms with Crippen molar-refractivity contribution in [2.75, 3.05) is 6.54 Å². The lowest BCUT2D eigenvalue weighted by atomic mass is 9.52. The van der Waals surface area contributed by atoms with Crippen molar-refractivity contribution in [3.63, 3.8) is 0 Å². The Morgan fingerprint density at radius 3 is 2.91 bits per heavy atom. The monoisotopic (exact) mass is 447 g/mol. The topological polar surface area (TPSA) is 68.5 Å². The molecule has 3 atom stereocenters. The van der Waals surface area contributed by atoms with Gasteiger partial charge in [0.15, 0.2) is 0 Å². The van der Waals surface area contributed by atoms with E-state index in [9.17, 15) is 9.59 Å². The number of ether oxygens (including phenoxy) is 1.